The molecule has 2 rings (SSSR count). The number of pyridine rings is 1. The molecule has 0 aromatic carbocycles. The van der Waals surface area contributed by atoms with Crippen molar-refractivity contribution in [2.75, 3.05) is 6.61 Å². The van der Waals surface area contributed by atoms with Crippen molar-refractivity contribution in [3.05, 3.63) is 24.0 Å². The Bertz CT molecular complexity index is 616. The fourth-order valence-corrected chi connectivity index (χ4v) is 2.40. The Morgan fingerprint density at radius 3 is 2.95 bits per heavy atom. The summed E-state index contributed by atoms with van der Waals surface area (Å²) >= 11 is 0. The number of rotatable bonds is 5. The Labute approximate surface area is 121 Å². The van der Waals surface area contributed by atoms with E-state index in [0.29, 0.717) is 6.61 Å². The lowest BCUT2D eigenvalue weighted by Gasteiger charge is -2.19. The van der Waals surface area contributed by atoms with Gasteiger partial charge < -0.3 is 14.2 Å². The van der Waals surface area contributed by atoms with Crippen molar-refractivity contribution in [2.24, 2.45) is 0 Å². The first-order chi connectivity index (χ1) is 9.85. The fraction of sp³-hybridized carbons (Fsp3) is 0.500. The average Bonchev–Trinajstić information content (AvgIpc) is 2.90. The van der Waals surface area contributed by atoms with Crippen LogP contribution in [0.4, 0.5) is 3.89 Å². The van der Waals surface area contributed by atoms with Crippen molar-refractivity contribution < 1.29 is 26.0 Å². The van der Waals surface area contributed by atoms with Crippen molar-refractivity contribution in [2.45, 2.75) is 31.9 Å². The molecule has 2 atom stereocenters. The molecule has 1 aromatic heterocycles. The number of hydrogen-bond acceptors (Lipinski definition) is 6. The Kier molecular flexibility index (Phi) is 4.73. The van der Waals surface area contributed by atoms with E-state index in [4.69, 9.17) is 4.74 Å². The number of aromatic nitrogens is 1. The molecular weight excluding hydrogens is 303 g/mol. The maximum Gasteiger partial charge on any atom is 0.488 e. The third-order valence-corrected chi connectivity index (χ3v) is 3.44. The number of nitrogens with one attached hydrogen (secondary N) is 1. The maximum absolute atomic E-state index is 12.4. The van der Waals surface area contributed by atoms with Gasteiger partial charge in [0.05, 0.1) is 23.9 Å². The highest BCUT2D eigenvalue weighted by atomic mass is 32.3. The van der Waals surface area contributed by atoms with Gasteiger partial charge in [0.25, 0.3) is 5.91 Å². The van der Waals surface area contributed by atoms with Crippen molar-refractivity contribution >= 4 is 16.4 Å². The average molecular weight is 318 g/mol. The maximum atomic E-state index is 12.4. The summed E-state index contributed by atoms with van der Waals surface area (Å²) in [6.07, 6.45) is 3.99. The summed E-state index contributed by atoms with van der Waals surface area (Å²) in [4.78, 5) is 15.7. The van der Waals surface area contributed by atoms with Gasteiger partial charge in [0.15, 0.2) is 5.75 Å². The zero-order valence-corrected chi connectivity index (χ0v) is 12.1. The lowest BCUT2D eigenvalue weighted by atomic mass is 10.1. The van der Waals surface area contributed by atoms with E-state index in [2.05, 4.69) is 14.5 Å². The molecule has 9 heteroatoms. The molecule has 116 valence electrons. The number of carbonyl (C=O) groups excluding carboxylic acids is 1. The first-order valence-corrected chi connectivity index (χ1v) is 7.67. The smallest absolute Gasteiger partial charge is 0.376 e. The van der Waals surface area contributed by atoms with E-state index in [1.165, 1.54) is 6.20 Å². The Hall–Kier alpha value is -1.74. The van der Waals surface area contributed by atoms with Crippen molar-refractivity contribution in [1.29, 1.82) is 0 Å². The minimum absolute atomic E-state index is 0.0486. The van der Waals surface area contributed by atoms with Crippen LogP contribution in [-0.4, -0.2) is 38.1 Å². The van der Waals surface area contributed by atoms with E-state index in [1.54, 1.807) is 0 Å². The van der Waals surface area contributed by atoms with E-state index in [0.717, 1.165) is 25.1 Å². The molecule has 1 aliphatic rings. The second kappa shape index (κ2) is 6.35. The van der Waals surface area contributed by atoms with Gasteiger partial charge in [-0.15, -0.1) is 0 Å². The molecule has 1 fully saturated rings. The molecule has 7 nitrogen and oxygen atoms in total. The topological polar surface area (TPSA) is 94.6 Å². The zero-order valence-electron chi connectivity index (χ0n) is 11.3. The third-order valence-electron chi connectivity index (χ3n) is 3.05. The van der Waals surface area contributed by atoms with Gasteiger partial charge in [-0.3, -0.25) is 9.78 Å². The number of amides is 1. The predicted octanol–water partition coefficient (Wildman–Crippen LogP) is 0.972. The first kappa shape index (κ1) is 15.6. The molecule has 2 heterocycles. The number of hydrogen-bond donors (Lipinski definition) is 1. The van der Waals surface area contributed by atoms with Gasteiger partial charge >= 0.3 is 10.5 Å². The lowest BCUT2D eigenvalue weighted by Crippen LogP contribution is -2.40. The van der Waals surface area contributed by atoms with Gasteiger partial charge in [0.2, 0.25) is 0 Å². The Morgan fingerprint density at radius 1 is 1.57 bits per heavy atom. The molecule has 0 saturated carbocycles. The molecule has 0 radical (unpaired) electrons. The number of ether oxygens (including phenoxy) is 1. The van der Waals surface area contributed by atoms with Crippen LogP contribution < -0.4 is 9.50 Å². The molecule has 21 heavy (non-hydrogen) atoms. The minimum Gasteiger partial charge on any atom is -0.376 e. The largest absolute Gasteiger partial charge is 0.488 e. The van der Waals surface area contributed by atoms with Crippen LogP contribution in [0.25, 0.3) is 0 Å². The molecule has 1 N–H and O–H groups in total. The van der Waals surface area contributed by atoms with Gasteiger partial charge in [-0.05, 0) is 25.8 Å². The number of carbonyl (C=O) groups is 1. The number of halogens is 1. The van der Waals surface area contributed by atoms with Crippen molar-refractivity contribution in [3.63, 3.8) is 0 Å². The molecular formula is C12H15FN2O5S. The summed E-state index contributed by atoms with van der Waals surface area (Å²) in [6.45, 7) is 2.48. The standard InChI is InChI=1S/C12H15FN2O5S/c1-8(11-3-2-4-19-11)15-12(16)9-5-10(7-14-6-9)20-21(13,17)18/h5-8,11H,2-4H2,1H3,(H,15,16). The molecule has 2 unspecified atom stereocenters. The molecule has 1 saturated heterocycles. The number of nitrogens with zero attached hydrogens (tertiary/aromatic N) is 1. The molecule has 0 spiro atoms. The normalized spacial score (nSPS) is 20.0. The minimum atomic E-state index is -5.15. The lowest BCUT2D eigenvalue weighted by molar-refractivity contribution is 0.0712. The summed E-state index contributed by atoms with van der Waals surface area (Å²) in [7, 11) is -5.15. The van der Waals surface area contributed by atoms with E-state index < -0.39 is 16.4 Å². The Morgan fingerprint density at radius 2 is 2.33 bits per heavy atom. The zero-order chi connectivity index (χ0) is 15.5. The van der Waals surface area contributed by atoms with Gasteiger partial charge in [0, 0.05) is 12.8 Å². The predicted molar refractivity (Wildman–Crippen MR) is 70.8 cm³/mol. The highest BCUT2D eigenvalue weighted by Gasteiger charge is 2.24. The summed E-state index contributed by atoms with van der Waals surface area (Å²) in [5, 5.41) is 2.73. The summed E-state index contributed by atoms with van der Waals surface area (Å²) < 4.78 is 42.7. The van der Waals surface area contributed by atoms with Gasteiger partial charge in [0.1, 0.15) is 0 Å². The molecule has 0 bridgehead atoms. The van der Waals surface area contributed by atoms with Gasteiger partial charge in [-0.25, -0.2) is 0 Å². The first-order valence-electron chi connectivity index (χ1n) is 6.37. The van der Waals surface area contributed by atoms with E-state index in [9.17, 15) is 17.1 Å². The third kappa shape index (κ3) is 4.64. The molecule has 0 aliphatic carbocycles. The summed E-state index contributed by atoms with van der Waals surface area (Å²) in [5.74, 6) is -0.831. The van der Waals surface area contributed by atoms with Crippen LogP contribution in [0.15, 0.2) is 18.5 Å². The van der Waals surface area contributed by atoms with Crippen LogP contribution in [0.2, 0.25) is 0 Å². The summed E-state index contributed by atoms with van der Waals surface area (Å²) in [6, 6.07) is 0.899. The van der Waals surface area contributed by atoms with Gasteiger partial charge in [-0.2, -0.15) is 8.42 Å². The van der Waals surface area contributed by atoms with Crippen LogP contribution in [0, 0.1) is 0 Å². The second-order valence-corrected chi connectivity index (χ2v) is 5.65. The molecule has 1 aliphatic heterocycles. The summed E-state index contributed by atoms with van der Waals surface area (Å²) in [5.41, 5.74) is 0.0704. The molecule has 1 aromatic rings. The van der Waals surface area contributed by atoms with Crippen LogP contribution in [0.3, 0.4) is 0 Å². The molecule has 1 amide bonds. The van der Waals surface area contributed by atoms with E-state index in [-0.39, 0.29) is 23.5 Å². The quantitative estimate of drug-likeness (QED) is 0.813. The van der Waals surface area contributed by atoms with Crippen LogP contribution in [-0.2, 0) is 15.2 Å². The highest BCUT2D eigenvalue weighted by Crippen LogP contribution is 2.17. The van der Waals surface area contributed by atoms with Crippen LogP contribution in [0.1, 0.15) is 30.1 Å². The van der Waals surface area contributed by atoms with Crippen molar-refractivity contribution in [1.82, 2.24) is 10.3 Å². The Balaban J connectivity index is 2.03. The van der Waals surface area contributed by atoms with E-state index >= 15 is 0 Å². The van der Waals surface area contributed by atoms with Crippen LogP contribution in [0.5, 0.6) is 5.75 Å². The van der Waals surface area contributed by atoms with Crippen molar-refractivity contribution in [3.8, 4) is 5.75 Å². The van der Waals surface area contributed by atoms with E-state index in [1.807, 2.05) is 6.92 Å². The SMILES string of the molecule is CC(NC(=O)c1cncc(OS(=O)(=O)F)c1)C1CCCO1. The highest BCUT2D eigenvalue weighted by molar-refractivity contribution is 7.81. The fourth-order valence-electron chi connectivity index (χ4n) is 2.08. The second-order valence-electron chi connectivity index (χ2n) is 4.70. The van der Waals surface area contributed by atoms with Gasteiger partial charge in [-0.1, -0.05) is 3.89 Å². The monoisotopic (exact) mass is 318 g/mol. The van der Waals surface area contributed by atoms with Crippen LogP contribution >= 0.6 is 0 Å².